The molecule has 6 nitrogen and oxygen atoms in total. The van der Waals surface area contributed by atoms with E-state index in [-0.39, 0.29) is 28.5 Å². The van der Waals surface area contributed by atoms with Crippen LogP contribution in [0.5, 0.6) is 0 Å². The predicted octanol–water partition coefficient (Wildman–Crippen LogP) is 7.72. The van der Waals surface area contributed by atoms with Gasteiger partial charge < -0.3 is 10.6 Å². The minimum absolute atomic E-state index is 0.00637. The summed E-state index contributed by atoms with van der Waals surface area (Å²) in [6.07, 6.45) is 3.50. The maximum atomic E-state index is 13.1. The van der Waals surface area contributed by atoms with Gasteiger partial charge in [-0.3, -0.25) is 0 Å². The normalized spacial score (nSPS) is 22.2. The standard InChI is InChI=1S/C30H27Cl2N5O/c1-29(2,3)19-6-13-23-24(14-19)26(18-4-7-20(31)8-5-18)30(16-34,17-35)27(25(23)15-33)37-28(38)36-22-11-9-21(32)10-12-22/h4-5,7-13,19,24,26H,6,14H2,1-3H3,(H2,36,37,38)/t19-,24+,26-/m1/s1. The average Bonchev–Trinajstić information content (AvgIpc) is 2.89. The van der Waals surface area contributed by atoms with Crippen LogP contribution in [0.4, 0.5) is 10.5 Å². The van der Waals surface area contributed by atoms with Gasteiger partial charge in [0, 0.05) is 21.7 Å². The van der Waals surface area contributed by atoms with Gasteiger partial charge in [0.25, 0.3) is 0 Å². The first-order valence-corrected chi connectivity index (χ1v) is 13.1. The number of urea groups is 1. The van der Waals surface area contributed by atoms with Gasteiger partial charge in [-0.1, -0.05) is 62.2 Å². The number of rotatable bonds is 3. The van der Waals surface area contributed by atoms with Crippen molar-refractivity contribution < 1.29 is 4.79 Å². The summed E-state index contributed by atoms with van der Waals surface area (Å²) in [5.74, 6) is -0.620. The molecule has 2 amide bonds. The molecular formula is C30H27Cl2N5O. The first kappa shape index (κ1) is 27.3. The molecule has 8 heteroatoms. The predicted molar refractivity (Wildman–Crippen MR) is 148 cm³/mol. The van der Waals surface area contributed by atoms with Gasteiger partial charge in [-0.15, -0.1) is 0 Å². The molecule has 4 rings (SSSR count). The Kier molecular flexibility index (Phi) is 7.57. The zero-order valence-corrected chi connectivity index (χ0v) is 22.9. The number of amides is 2. The van der Waals surface area contributed by atoms with Crippen LogP contribution in [0, 0.1) is 56.7 Å². The van der Waals surface area contributed by atoms with E-state index in [1.807, 2.05) is 18.2 Å². The Morgan fingerprint density at radius 3 is 2.05 bits per heavy atom. The summed E-state index contributed by atoms with van der Waals surface area (Å²) >= 11 is 12.1. The second-order valence-corrected chi connectivity index (χ2v) is 11.7. The van der Waals surface area contributed by atoms with Crippen LogP contribution in [0.2, 0.25) is 10.0 Å². The SMILES string of the molecule is CC(C)(C)[C@@H]1CC=C2C(C#N)=C(NC(=O)Nc3ccc(Cl)cc3)C(C#N)(C#N)[C@H](c3ccc(Cl)cc3)[C@H]2C1. The Bertz CT molecular complexity index is 1420. The van der Waals surface area contributed by atoms with Crippen molar-refractivity contribution in [2.45, 2.75) is 39.5 Å². The monoisotopic (exact) mass is 543 g/mol. The number of halogens is 2. The van der Waals surface area contributed by atoms with E-state index in [4.69, 9.17) is 23.2 Å². The summed E-state index contributed by atoms with van der Waals surface area (Å²) in [6, 6.07) is 19.6. The van der Waals surface area contributed by atoms with E-state index >= 15 is 0 Å². The average molecular weight is 544 g/mol. The van der Waals surface area contributed by atoms with Crippen LogP contribution in [-0.2, 0) is 0 Å². The van der Waals surface area contributed by atoms with Crippen LogP contribution in [-0.4, -0.2) is 6.03 Å². The smallest absolute Gasteiger partial charge is 0.308 e. The third-order valence-electron chi connectivity index (χ3n) is 7.62. The molecule has 2 aliphatic rings. The lowest BCUT2D eigenvalue weighted by atomic mass is 9.54. The zero-order valence-electron chi connectivity index (χ0n) is 21.3. The fourth-order valence-corrected chi connectivity index (χ4v) is 5.83. The molecule has 2 N–H and O–H groups in total. The summed E-state index contributed by atoms with van der Waals surface area (Å²) in [7, 11) is 0. The first-order chi connectivity index (χ1) is 18.0. The van der Waals surface area contributed by atoms with Crippen molar-refractivity contribution in [3.63, 3.8) is 0 Å². The second kappa shape index (κ2) is 10.5. The number of carbonyl (C=O) groups is 1. The van der Waals surface area contributed by atoms with Crippen molar-refractivity contribution in [1.82, 2.24) is 5.32 Å². The number of nitriles is 3. The molecular weight excluding hydrogens is 517 g/mol. The number of benzene rings is 2. The topological polar surface area (TPSA) is 112 Å². The highest BCUT2D eigenvalue weighted by Gasteiger charge is 2.56. The van der Waals surface area contributed by atoms with Gasteiger partial charge >= 0.3 is 6.03 Å². The molecule has 0 fully saturated rings. The highest BCUT2D eigenvalue weighted by atomic mass is 35.5. The summed E-state index contributed by atoms with van der Waals surface area (Å²) in [5.41, 5.74) is 0.307. The summed E-state index contributed by atoms with van der Waals surface area (Å²) in [4.78, 5) is 13.1. The lowest BCUT2D eigenvalue weighted by Crippen LogP contribution is -2.47. The van der Waals surface area contributed by atoms with Crippen LogP contribution in [0.3, 0.4) is 0 Å². The molecule has 192 valence electrons. The van der Waals surface area contributed by atoms with E-state index in [1.54, 1.807) is 36.4 Å². The first-order valence-electron chi connectivity index (χ1n) is 12.3. The van der Waals surface area contributed by atoms with E-state index in [0.717, 1.165) is 17.6 Å². The van der Waals surface area contributed by atoms with E-state index in [9.17, 15) is 20.6 Å². The van der Waals surface area contributed by atoms with E-state index in [0.29, 0.717) is 22.2 Å². The van der Waals surface area contributed by atoms with Crippen LogP contribution >= 0.6 is 23.2 Å². The van der Waals surface area contributed by atoms with E-state index < -0.39 is 17.4 Å². The number of allylic oxidation sites excluding steroid dienone is 4. The van der Waals surface area contributed by atoms with E-state index in [1.165, 1.54) is 0 Å². The second-order valence-electron chi connectivity index (χ2n) is 10.8. The van der Waals surface area contributed by atoms with Gasteiger partial charge in [0.1, 0.15) is 6.07 Å². The van der Waals surface area contributed by atoms with Crippen LogP contribution in [0.1, 0.15) is 45.1 Å². The molecule has 2 aliphatic carbocycles. The summed E-state index contributed by atoms with van der Waals surface area (Å²) in [5, 5.41) is 38.0. The molecule has 0 spiro atoms. The minimum Gasteiger partial charge on any atom is -0.308 e. The van der Waals surface area contributed by atoms with Gasteiger partial charge in [0.15, 0.2) is 5.41 Å². The minimum atomic E-state index is -1.82. The molecule has 0 aromatic heterocycles. The largest absolute Gasteiger partial charge is 0.323 e. The van der Waals surface area contributed by atoms with Crippen molar-refractivity contribution in [2.75, 3.05) is 5.32 Å². The van der Waals surface area contributed by atoms with Crippen molar-refractivity contribution in [2.24, 2.45) is 22.7 Å². The van der Waals surface area contributed by atoms with Gasteiger partial charge in [0.2, 0.25) is 0 Å². The Morgan fingerprint density at radius 1 is 0.947 bits per heavy atom. The van der Waals surface area contributed by atoms with Crippen molar-refractivity contribution in [1.29, 1.82) is 15.8 Å². The van der Waals surface area contributed by atoms with Gasteiger partial charge in [0.05, 0.1) is 23.4 Å². The maximum absolute atomic E-state index is 13.1. The number of fused-ring (bicyclic) bond motifs is 1. The molecule has 2 aromatic carbocycles. The fourth-order valence-electron chi connectivity index (χ4n) is 5.58. The number of anilines is 1. The van der Waals surface area contributed by atoms with Crippen LogP contribution < -0.4 is 10.6 Å². The Morgan fingerprint density at radius 2 is 1.53 bits per heavy atom. The lowest BCUT2D eigenvalue weighted by molar-refractivity contribution is 0.169. The van der Waals surface area contributed by atoms with Gasteiger partial charge in [-0.05, 0) is 77.6 Å². The van der Waals surface area contributed by atoms with Crippen molar-refractivity contribution in [3.05, 3.63) is 87.1 Å². The fraction of sp³-hybridized carbons (Fsp3) is 0.333. The van der Waals surface area contributed by atoms with Crippen molar-refractivity contribution >= 4 is 34.9 Å². The quantitative estimate of drug-likeness (QED) is 0.412. The molecule has 0 unspecified atom stereocenters. The van der Waals surface area contributed by atoms with Gasteiger partial charge in [-0.2, -0.15) is 15.8 Å². The summed E-state index contributed by atoms with van der Waals surface area (Å²) in [6.45, 7) is 6.52. The number of nitrogens with zero attached hydrogens (tertiary/aromatic N) is 3. The zero-order chi connectivity index (χ0) is 27.7. The number of nitrogens with one attached hydrogen (secondary N) is 2. The van der Waals surface area contributed by atoms with Crippen LogP contribution in [0.15, 0.2) is 71.5 Å². The number of hydrogen-bond acceptors (Lipinski definition) is 4. The number of hydrogen-bond donors (Lipinski definition) is 2. The third kappa shape index (κ3) is 5.01. The Balaban J connectivity index is 1.88. The Labute approximate surface area is 233 Å². The maximum Gasteiger partial charge on any atom is 0.323 e. The highest BCUT2D eigenvalue weighted by Crippen LogP contribution is 2.58. The Hall–Kier alpha value is -3.76. The molecule has 3 atom stereocenters. The van der Waals surface area contributed by atoms with E-state index in [2.05, 4.69) is 49.6 Å². The molecule has 0 radical (unpaired) electrons. The molecule has 0 saturated heterocycles. The summed E-state index contributed by atoms with van der Waals surface area (Å²) < 4.78 is 0. The molecule has 0 bridgehead atoms. The lowest BCUT2D eigenvalue weighted by Gasteiger charge is -2.47. The van der Waals surface area contributed by atoms with Crippen molar-refractivity contribution in [3.8, 4) is 18.2 Å². The van der Waals surface area contributed by atoms with Crippen LogP contribution in [0.25, 0.3) is 0 Å². The highest BCUT2D eigenvalue weighted by molar-refractivity contribution is 6.30. The number of carbonyl (C=O) groups excluding carboxylic acids is 1. The molecule has 0 saturated carbocycles. The third-order valence-corrected chi connectivity index (χ3v) is 8.13. The molecule has 0 heterocycles. The molecule has 38 heavy (non-hydrogen) atoms. The molecule has 2 aromatic rings. The van der Waals surface area contributed by atoms with Gasteiger partial charge in [-0.25, -0.2) is 4.79 Å². The molecule has 0 aliphatic heterocycles.